The Kier molecular flexibility index (Phi) is 6.58. The van der Waals surface area contributed by atoms with Crippen LogP contribution in [0.3, 0.4) is 0 Å². The van der Waals surface area contributed by atoms with Crippen molar-refractivity contribution in [1.29, 1.82) is 0 Å². The molecule has 3 N–H and O–H groups in total. The van der Waals surface area contributed by atoms with E-state index in [4.69, 9.17) is 20.1 Å². The normalized spacial score (nSPS) is 21.6. The van der Waals surface area contributed by atoms with Gasteiger partial charge in [-0.1, -0.05) is 18.3 Å². The lowest BCUT2D eigenvalue weighted by molar-refractivity contribution is -0.141. The Balaban J connectivity index is 1.61. The number of aryl methyl sites for hydroxylation is 2. The molecule has 28 heavy (non-hydrogen) atoms. The molecule has 7 heteroatoms. The molecule has 0 unspecified atom stereocenters. The molecule has 3 rings (SSSR count). The Labute approximate surface area is 171 Å². The van der Waals surface area contributed by atoms with Gasteiger partial charge in [0.2, 0.25) is 0 Å². The van der Waals surface area contributed by atoms with E-state index in [1.807, 2.05) is 39.8 Å². The molecule has 1 saturated carbocycles. The van der Waals surface area contributed by atoms with Crippen LogP contribution >= 0.6 is 11.8 Å². The van der Waals surface area contributed by atoms with Gasteiger partial charge in [-0.2, -0.15) is 5.10 Å². The van der Waals surface area contributed by atoms with Gasteiger partial charge in [0.15, 0.2) is 5.79 Å². The minimum absolute atomic E-state index is 0.0638. The van der Waals surface area contributed by atoms with Gasteiger partial charge in [0.05, 0.1) is 11.6 Å². The molecule has 1 heterocycles. The number of thioether (sulfide) groups is 1. The fourth-order valence-electron chi connectivity index (χ4n) is 3.22. The summed E-state index contributed by atoms with van der Waals surface area (Å²) in [5.74, 6) is 6.78. The van der Waals surface area contributed by atoms with E-state index in [2.05, 4.69) is 17.0 Å². The quantitative estimate of drug-likeness (QED) is 0.297. The molecule has 0 amide bonds. The summed E-state index contributed by atoms with van der Waals surface area (Å²) in [6, 6.07) is 4.09. The first-order chi connectivity index (χ1) is 13.3. The topological polar surface area (TPSA) is 78.1 Å². The number of hydrogen-bond acceptors (Lipinski definition) is 7. The van der Waals surface area contributed by atoms with Crippen LogP contribution < -0.4 is 15.9 Å². The van der Waals surface area contributed by atoms with Gasteiger partial charge in [-0.3, -0.25) is 0 Å². The molecule has 1 aromatic carbocycles. The molecule has 1 aliphatic carbocycles. The van der Waals surface area contributed by atoms with E-state index in [1.165, 1.54) is 24.6 Å². The molecule has 0 spiro atoms. The number of nitrogens with zero attached hydrogens (tertiary/aromatic N) is 1. The zero-order valence-corrected chi connectivity index (χ0v) is 18.0. The van der Waals surface area contributed by atoms with Crippen molar-refractivity contribution in [3.63, 3.8) is 0 Å². The molecular formula is C21H31N3O3S. The van der Waals surface area contributed by atoms with Crippen LogP contribution in [0, 0.1) is 19.8 Å². The van der Waals surface area contributed by atoms with E-state index in [0.717, 1.165) is 45.0 Å². The maximum Gasteiger partial charge on any atom is 0.163 e. The molecule has 2 fully saturated rings. The molecule has 154 valence electrons. The Morgan fingerprint density at radius 2 is 2.04 bits per heavy atom. The van der Waals surface area contributed by atoms with Crippen molar-refractivity contribution in [3.8, 4) is 5.75 Å². The highest BCUT2D eigenvalue weighted by Crippen LogP contribution is 2.31. The van der Waals surface area contributed by atoms with Crippen LogP contribution in [0.4, 0.5) is 0 Å². The zero-order valence-electron chi connectivity index (χ0n) is 17.2. The van der Waals surface area contributed by atoms with Gasteiger partial charge in [-0.25, -0.2) is 0 Å². The molecule has 0 bridgehead atoms. The number of nitrogens with one attached hydrogen (secondary N) is 1. The average molecular weight is 406 g/mol. The Morgan fingerprint density at radius 3 is 2.57 bits per heavy atom. The molecule has 1 aromatic rings. The van der Waals surface area contributed by atoms with Crippen LogP contribution in [-0.2, 0) is 9.47 Å². The van der Waals surface area contributed by atoms with E-state index in [1.54, 1.807) is 0 Å². The lowest BCUT2D eigenvalue weighted by atomic mass is 10.1. The molecule has 0 aromatic heterocycles. The third kappa shape index (κ3) is 5.65. The third-order valence-corrected chi connectivity index (χ3v) is 5.74. The number of hydrazone groups is 1. The van der Waals surface area contributed by atoms with Gasteiger partial charge in [-0.05, 0) is 69.7 Å². The summed E-state index contributed by atoms with van der Waals surface area (Å²) < 4.78 is 17.5. The molecule has 2 aliphatic rings. The average Bonchev–Trinajstić information content (AvgIpc) is 3.39. The number of rotatable bonds is 8. The molecular weight excluding hydrogens is 374 g/mol. The van der Waals surface area contributed by atoms with Crippen molar-refractivity contribution in [1.82, 2.24) is 5.32 Å². The third-order valence-electron chi connectivity index (χ3n) is 4.81. The van der Waals surface area contributed by atoms with Crippen LogP contribution in [0.15, 0.2) is 28.8 Å². The highest BCUT2D eigenvalue weighted by Gasteiger charge is 2.33. The van der Waals surface area contributed by atoms with Crippen LogP contribution in [0.2, 0.25) is 0 Å². The van der Waals surface area contributed by atoms with E-state index in [9.17, 15) is 0 Å². The smallest absolute Gasteiger partial charge is 0.163 e. The van der Waals surface area contributed by atoms with Gasteiger partial charge >= 0.3 is 0 Å². The van der Waals surface area contributed by atoms with Gasteiger partial charge < -0.3 is 25.4 Å². The number of ether oxygens (including phenoxy) is 3. The van der Waals surface area contributed by atoms with E-state index < -0.39 is 5.79 Å². The van der Waals surface area contributed by atoms with Crippen molar-refractivity contribution < 1.29 is 14.2 Å². The highest BCUT2D eigenvalue weighted by molar-refractivity contribution is 8.17. The second-order valence-electron chi connectivity index (χ2n) is 7.98. The van der Waals surface area contributed by atoms with Gasteiger partial charge in [0.1, 0.15) is 23.5 Å². The Hall–Kier alpha value is -1.70. The fraction of sp³-hybridized carbons (Fsp3) is 0.571. The van der Waals surface area contributed by atoms with E-state index in [0.29, 0.717) is 13.2 Å². The Morgan fingerprint density at radius 1 is 1.36 bits per heavy atom. The van der Waals surface area contributed by atoms with Crippen LogP contribution in [0.25, 0.3) is 0 Å². The molecule has 6 nitrogen and oxygen atoms in total. The number of hydrogen-bond donors (Lipinski definition) is 2. The summed E-state index contributed by atoms with van der Waals surface area (Å²) in [6.07, 6.45) is 2.54. The van der Waals surface area contributed by atoms with E-state index >= 15 is 0 Å². The minimum Gasteiger partial charge on any atom is -0.490 e. The predicted molar refractivity (Wildman–Crippen MR) is 114 cm³/mol. The number of nitrogens with two attached hydrogens (primary N) is 1. The monoisotopic (exact) mass is 405 g/mol. The maximum absolute atomic E-state index is 6.05. The first-order valence-electron chi connectivity index (χ1n) is 9.72. The van der Waals surface area contributed by atoms with Gasteiger partial charge in [0.25, 0.3) is 0 Å². The van der Waals surface area contributed by atoms with Crippen molar-refractivity contribution in [2.45, 2.75) is 52.4 Å². The van der Waals surface area contributed by atoms with Crippen LogP contribution in [0.5, 0.6) is 5.75 Å². The van der Waals surface area contributed by atoms with Crippen LogP contribution in [-0.4, -0.2) is 36.7 Å². The summed E-state index contributed by atoms with van der Waals surface area (Å²) in [6.45, 7) is 13.9. The first-order valence-corrected chi connectivity index (χ1v) is 10.5. The lowest BCUT2D eigenvalue weighted by Crippen LogP contribution is -2.25. The van der Waals surface area contributed by atoms with E-state index in [-0.39, 0.29) is 6.10 Å². The Bertz CT molecular complexity index is 736. The largest absolute Gasteiger partial charge is 0.490 e. The van der Waals surface area contributed by atoms with Crippen molar-refractivity contribution in [2.24, 2.45) is 16.9 Å². The second kappa shape index (κ2) is 8.76. The second-order valence-corrected chi connectivity index (χ2v) is 9.07. The van der Waals surface area contributed by atoms with Crippen molar-refractivity contribution in [3.05, 3.63) is 40.4 Å². The summed E-state index contributed by atoms with van der Waals surface area (Å²) in [7, 11) is 0. The summed E-state index contributed by atoms with van der Waals surface area (Å²) in [4.78, 5) is 0. The fourth-order valence-corrected chi connectivity index (χ4v) is 3.89. The maximum atomic E-state index is 6.05. The minimum atomic E-state index is -0.540. The number of benzene rings is 1. The lowest BCUT2D eigenvalue weighted by Gasteiger charge is -2.19. The molecule has 1 aliphatic heterocycles. The zero-order chi connectivity index (χ0) is 20.3. The molecule has 0 radical (unpaired) electrons. The van der Waals surface area contributed by atoms with Crippen molar-refractivity contribution >= 4 is 16.8 Å². The van der Waals surface area contributed by atoms with Gasteiger partial charge in [-0.15, -0.1) is 0 Å². The summed E-state index contributed by atoms with van der Waals surface area (Å²) in [5, 5.41) is 8.94. The molecule has 1 atom stereocenters. The van der Waals surface area contributed by atoms with Crippen LogP contribution in [0.1, 0.15) is 43.4 Å². The van der Waals surface area contributed by atoms with Crippen molar-refractivity contribution in [2.75, 3.05) is 19.8 Å². The predicted octanol–water partition coefficient (Wildman–Crippen LogP) is 3.66. The SMILES string of the molecule is C=C(NCC1CC1)S/C(=N\N)c1cc(C)c(OC[C@H]2COC(C)(C)O2)c(C)c1. The van der Waals surface area contributed by atoms with Gasteiger partial charge in [0, 0.05) is 12.1 Å². The summed E-state index contributed by atoms with van der Waals surface area (Å²) >= 11 is 1.47. The standard InChI is InChI=1S/C21H31N3O3S/c1-13-8-17(20(24-22)28-15(3)23-10-16-6-7-16)9-14(2)19(13)25-11-18-12-26-21(4,5)27-18/h8-9,16,18,23H,3,6-7,10-12,22H2,1-2,4-5H3/b24-20-/t18-/m0/s1. The summed E-state index contributed by atoms with van der Waals surface area (Å²) in [5.41, 5.74) is 3.03. The first kappa shape index (κ1) is 21.0. The highest BCUT2D eigenvalue weighted by atomic mass is 32.2. The molecule has 1 saturated heterocycles.